The highest BCUT2D eigenvalue weighted by Crippen LogP contribution is 2.30. The molecular weight excluding hydrogens is 402 g/mol. The molecule has 1 heterocycles. The van der Waals surface area contributed by atoms with E-state index in [9.17, 15) is 9.59 Å². The van der Waals surface area contributed by atoms with Crippen LogP contribution in [0.5, 0.6) is 5.75 Å². The summed E-state index contributed by atoms with van der Waals surface area (Å²) in [5, 5.41) is 6.21. The second kappa shape index (κ2) is 11.5. The van der Waals surface area contributed by atoms with E-state index in [1.165, 1.54) is 11.3 Å². The molecule has 0 aliphatic carbocycles. The van der Waals surface area contributed by atoms with E-state index >= 15 is 0 Å². The standard InChI is InChI=1S/C22H31N3O4S/c1-22(2,3)29-21(27)23-14-8-6-5-7-9-19(26)25-20-24-15-18(30-20)16-10-12-17(28-4)13-11-16/h10-13,15H,5-9,14H2,1-4H3,(H,23,27)(H,24,25,26). The van der Waals surface area contributed by atoms with Crippen LogP contribution in [0.3, 0.4) is 0 Å². The third kappa shape index (κ3) is 8.82. The van der Waals surface area contributed by atoms with Gasteiger partial charge in [0.2, 0.25) is 5.91 Å². The quantitative estimate of drug-likeness (QED) is 0.501. The lowest BCUT2D eigenvalue weighted by Gasteiger charge is -2.19. The average molecular weight is 434 g/mol. The number of alkyl carbamates (subject to hydrolysis) is 1. The van der Waals surface area contributed by atoms with Crippen molar-refractivity contribution in [3.05, 3.63) is 30.5 Å². The minimum absolute atomic E-state index is 0.0301. The molecule has 0 radical (unpaired) electrons. The van der Waals surface area contributed by atoms with Gasteiger partial charge in [-0.2, -0.15) is 0 Å². The molecular formula is C22H31N3O4S. The van der Waals surface area contributed by atoms with Gasteiger partial charge < -0.3 is 20.1 Å². The first-order valence-electron chi connectivity index (χ1n) is 10.1. The molecule has 164 valence electrons. The van der Waals surface area contributed by atoms with E-state index in [0.717, 1.165) is 41.9 Å². The number of benzene rings is 1. The molecule has 0 saturated heterocycles. The number of carbonyl (C=O) groups excluding carboxylic acids is 2. The van der Waals surface area contributed by atoms with E-state index in [1.54, 1.807) is 13.3 Å². The lowest BCUT2D eigenvalue weighted by molar-refractivity contribution is -0.116. The summed E-state index contributed by atoms with van der Waals surface area (Å²) >= 11 is 1.45. The summed E-state index contributed by atoms with van der Waals surface area (Å²) in [5.41, 5.74) is 0.554. The third-order valence-corrected chi connectivity index (χ3v) is 5.09. The molecule has 8 heteroatoms. The Labute approximate surface area is 182 Å². The van der Waals surface area contributed by atoms with E-state index in [2.05, 4.69) is 15.6 Å². The van der Waals surface area contributed by atoms with Crippen molar-refractivity contribution in [2.24, 2.45) is 0 Å². The number of unbranched alkanes of at least 4 members (excludes halogenated alkanes) is 3. The predicted molar refractivity (Wildman–Crippen MR) is 120 cm³/mol. The van der Waals surface area contributed by atoms with Crippen molar-refractivity contribution < 1.29 is 19.1 Å². The molecule has 0 atom stereocenters. The van der Waals surface area contributed by atoms with Gasteiger partial charge in [0.05, 0.1) is 12.0 Å². The Kier molecular flexibility index (Phi) is 9.11. The van der Waals surface area contributed by atoms with Crippen molar-refractivity contribution in [2.75, 3.05) is 19.0 Å². The van der Waals surface area contributed by atoms with Crippen LogP contribution in [0.1, 0.15) is 52.9 Å². The smallest absolute Gasteiger partial charge is 0.407 e. The molecule has 0 fully saturated rings. The third-order valence-electron chi connectivity index (χ3n) is 4.13. The molecule has 2 aromatic rings. The van der Waals surface area contributed by atoms with Gasteiger partial charge in [0.1, 0.15) is 11.4 Å². The summed E-state index contributed by atoms with van der Waals surface area (Å²) in [6, 6.07) is 7.73. The maximum atomic E-state index is 12.1. The van der Waals surface area contributed by atoms with Crippen LogP contribution in [-0.2, 0) is 9.53 Å². The number of amides is 2. The van der Waals surface area contributed by atoms with Gasteiger partial charge in [-0.15, -0.1) is 0 Å². The second-order valence-corrected chi connectivity index (χ2v) is 8.93. The van der Waals surface area contributed by atoms with Crippen LogP contribution in [0.25, 0.3) is 10.4 Å². The first kappa shape index (κ1) is 23.7. The fourth-order valence-electron chi connectivity index (χ4n) is 2.67. The highest BCUT2D eigenvalue weighted by molar-refractivity contribution is 7.19. The SMILES string of the molecule is COc1ccc(-c2cnc(NC(=O)CCCCCCNC(=O)OC(C)(C)C)s2)cc1. The number of thiazole rings is 1. The van der Waals surface area contributed by atoms with Crippen molar-refractivity contribution in [1.82, 2.24) is 10.3 Å². The second-order valence-electron chi connectivity index (χ2n) is 7.90. The van der Waals surface area contributed by atoms with Crippen molar-refractivity contribution in [3.8, 4) is 16.2 Å². The van der Waals surface area contributed by atoms with Crippen LogP contribution in [-0.4, -0.2) is 36.2 Å². The summed E-state index contributed by atoms with van der Waals surface area (Å²) in [7, 11) is 1.64. The van der Waals surface area contributed by atoms with E-state index < -0.39 is 5.60 Å². The molecule has 7 nitrogen and oxygen atoms in total. The zero-order valence-corrected chi connectivity index (χ0v) is 18.9. The molecule has 1 aromatic heterocycles. The van der Waals surface area contributed by atoms with Crippen molar-refractivity contribution in [1.29, 1.82) is 0 Å². The Balaban J connectivity index is 1.60. The topological polar surface area (TPSA) is 89.5 Å². The molecule has 1 aromatic carbocycles. The number of methoxy groups -OCH3 is 1. The van der Waals surface area contributed by atoms with Gasteiger partial charge in [0.15, 0.2) is 5.13 Å². The normalized spacial score (nSPS) is 11.1. The fourth-order valence-corrected chi connectivity index (χ4v) is 3.51. The van der Waals surface area contributed by atoms with Crippen LogP contribution in [0, 0.1) is 0 Å². The van der Waals surface area contributed by atoms with Crippen LogP contribution < -0.4 is 15.4 Å². The maximum Gasteiger partial charge on any atom is 0.407 e. The highest BCUT2D eigenvalue weighted by atomic mass is 32.1. The molecule has 2 N–H and O–H groups in total. The number of ether oxygens (including phenoxy) is 2. The Bertz CT molecular complexity index is 813. The van der Waals surface area contributed by atoms with Crippen molar-refractivity contribution in [3.63, 3.8) is 0 Å². The monoisotopic (exact) mass is 433 g/mol. The Morgan fingerprint density at radius 1 is 1.07 bits per heavy atom. The molecule has 0 bridgehead atoms. The predicted octanol–water partition coefficient (Wildman–Crippen LogP) is 5.23. The van der Waals surface area contributed by atoms with Crippen LogP contribution in [0.15, 0.2) is 30.5 Å². The zero-order chi connectivity index (χ0) is 22.0. The lowest BCUT2D eigenvalue weighted by Crippen LogP contribution is -2.32. The number of rotatable bonds is 10. The number of hydrogen-bond acceptors (Lipinski definition) is 6. The maximum absolute atomic E-state index is 12.1. The number of nitrogens with one attached hydrogen (secondary N) is 2. The van der Waals surface area contributed by atoms with Gasteiger partial charge in [-0.3, -0.25) is 4.79 Å². The minimum Gasteiger partial charge on any atom is -0.497 e. The van der Waals surface area contributed by atoms with Crippen LogP contribution >= 0.6 is 11.3 Å². The summed E-state index contributed by atoms with van der Waals surface area (Å²) in [6.45, 7) is 6.09. The number of nitrogens with zero attached hydrogens (tertiary/aromatic N) is 1. The first-order valence-corrected chi connectivity index (χ1v) is 11.0. The summed E-state index contributed by atoms with van der Waals surface area (Å²) < 4.78 is 10.3. The minimum atomic E-state index is -0.482. The van der Waals surface area contributed by atoms with Crippen molar-refractivity contribution in [2.45, 2.75) is 58.5 Å². The molecule has 0 aliphatic heterocycles. The highest BCUT2D eigenvalue weighted by Gasteiger charge is 2.15. The van der Waals surface area contributed by atoms with Crippen LogP contribution in [0.2, 0.25) is 0 Å². The Morgan fingerprint density at radius 2 is 1.77 bits per heavy atom. The zero-order valence-electron chi connectivity index (χ0n) is 18.1. The summed E-state index contributed by atoms with van der Waals surface area (Å²) in [4.78, 5) is 28.9. The Hall–Kier alpha value is -2.61. The van der Waals surface area contributed by atoms with Crippen LogP contribution in [0.4, 0.5) is 9.93 Å². The number of hydrogen-bond donors (Lipinski definition) is 2. The Morgan fingerprint density at radius 3 is 2.43 bits per heavy atom. The first-order chi connectivity index (χ1) is 14.3. The van der Waals surface area contributed by atoms with Gasteiger partial charge in [0.25, 0.3) is 0 Å². The molecule has 2 rings (SSSR count). The number of anilines is 1. The summed E-state index contributed by atoms with van der Waals surface area (Å²) in [5.74, 6) is 0.773. The van der Waals surface area contributed by atoms with Gasteiger partial charge in [-0.05, 0) is 63.4 Å². The van der Waals surface area contributed by atoms with E-state index in [0.29, 0.717) is 18.1 Å². The molecule has 0 spiro atoms. The number of carbonyl (C=O) groups is 2. The molecule has 0 saturated carbocycles. The average Bonchev–Trinajstić information content (AvgIpc) is 3.14. The largest absolute Gasteiger partial charge is 0.497 e. The van der Waals surface area contributed by atoms with E-state index in [4.69, 9.17) is 9.47 Å². The summed E-state index contributed by atoms with van der Waals surface area (Å²) in [6.07, 6.45) is 5.37. The van der Waals surface area contributed by atoms with Gasteiger partial charge in [-0.1, -0.05) is 24.2 Å². The molecule has 0 unspecified atom stereocenters. The van der Waals surface area contributed by atoms with Gasteiger partial charge in [0, 0.05) is 19.2 Å². The number of aromatic nitrogens is 1. The van der Waals surface area contributed by atoms with E-state index in [1.807, 2.05) is 45.0 Å². The lowest BCUT2D eigenvalue weighted by atomic mass is 10.1. The van der Waals surface area contributed by atoms with E-state index in [-0.39, 0.29) is 12.0 Å². The van der Waals surface area contributed by atoms with Gasteiger partial charge >= 0.3 is 6.09 Å². The fraction of sp³-hybridized carbons (Fsp3) is 0.500. The van der Waals surface area contributed by atoms with Gasteiger partial charge in [-0.25, -0.2) is 9.78 Å². The molecule has 0 aliphatic rings. The van der Waals surface area contributed by atoms with Crippen molar-refractivity contribution >= 4 is 28.5 Å². The molecule has 2 amide bonds. The molecule has 30 heavy (non-hydrogen) atoms.